The quantitative estimate of drug-likeness (QED) is 0.534. The van der Waals surface area contributed by atoms with Gasteiger partial charge in [-0.25, -0.2) is 8.78 Å². The van der Waals surface area contributed by atoms with Crippen molar-refractivity contribution in [3.05, 3.63) is 83.9 Å². The summed E-state index contributed by atoms with van der Waals surface area (Å²) in [7, 11) is 0. The van der Waals surface area contributed by atoms with Crippen molar-refractivity contribution in [2.75, 3.05) is 47.8 Å². The molecule has 0 unspecified atom stereocenters. The minimum Gasteiger partial charge on any atom is -0.476 e. The molecule has 0 aliphatic carbocycles. The Morgan fingerprint density at radius 3 is 2.33 bits per heavy atom. The van der Waals surface area contributed by atoms with Gasteiger partial charge in [-0.1, -0.05) is 12.1 Å². The number of anilines is 3. The highest BCUT2D eigenvalue weighted by Gasteiger charge is 2.42. The van der Waals surface area contributed by atoms with Gasteiger partial charge in [0.2, 0.25) is 5.91 Å². The summed E-state index contributed by atoms with van der Waals surface area (Å²) >= 11 is 0. The average molecular weight is 535 g/mol. The summed E-state index contributed by atoms with van der Waals surface area (Å²) in [5.74, 6) is -1.75. The minimum absolute atomic E-state index is 0.0282. The number of fused-ring (bicyclic) bond motifs is 1. The first-order valence-electron chi connectivity index (χ1n) is 12.6. The molecule has 5 rings (SSSR count). The van der Waals surface area contributed by atoms with Crippen molar-refractivity contribution in [1.29, 1.82) is 0 Å². The van der Waals surface area contributed by atoms with Crippen LogP contribution in [0.2, 0.25) is 0 Å². The molecule has 2 aliphatic heterocycles. The molecule has 202 valence electrons. The number of para-hydroxylation sites is 1. The maximum Gasteiger partial charge on any atom is 0.271 e. The van der Waals surface area contributed by atoms with Crippen LogP contribution in [-0.2, 0) is 9.59 Å². The number of rotatable bonds is 5. The van der Waals surface area contributed by atoms with Gasteiger partial charge in [-0.2, -0.15) is 0 Å². The zero-order valence-electron chi connectivity index (χ0n) is 21.6. The van der Waals surface area contributed by atoms with Crippen LogP contribution in [0.15, 0.2) is 66.7 Å². The predicted octanol–water partition coefficient (Wildman–Crippen LogP) is 4.07. The van der Waals surface area contributed by atoms with Gasteiger partial charge in [-0.05, 0) is 68.4 Å². The first kappa shape index (κ1) is 26.1. The molecule has 3 aromatic rings. The monoisotopic (exact) mass is 534 g/mol. The third-order valence-electron chi connectivity index (χ3n) is 6.88. The minimum atomic E-state index is -1.22. The predicted molar refractivity (Wildman–Crippen MR) is 143 cm³/mol. The molecule has 1 N–H and O–H groups in total. The highest BCUT2D eigenvalue weighted by molar-refractivity contribution is 6.09. The summed E-state index contributed by atoms with van der Waals surface area (Å²) in [6.07, 6.45) is 0. The Labute approximate surface area is 224 Å². The van der Waals surface area contributed by atoms with Crippen molar-refractivity contribution < 1.29 is 27.9 Å². The lowest BCUT2D eigenvalue weighted by Gasteiger charge is -2.40. The second-order valence-electron chi connectivity index (χ2n) is 9.96. The molecule has 1 saturated heterocycles. The maximum atomic E-state index is 14.0. The van der Waals surface area contributed by atoms with Crippen LogP contribution < -0.4 is 19.9 Å². The Bertz CT molecular complexity index is 1420. The lowest BCUT2D eigenvalue weighted by atomic mass is 10.0. The maximum absolute atomic E-state index is 14.0. The summed E-state index contributed by atoms with van der Waals surface area (Å²) in [4.78, 5) is 44.6. The average Bonchev–Trinajstić information content (AvgIpc) is 2.92. The molecule has 39 heavy (non-hydrogen) atoms. The van der Waals surface area contributed by atoms with Crippen LogP contribution in [0.4, 0.5) is 25.8 Å². The van der Waals surface area contributed by atoms with Gasteiger partial charge >= 0.3 is 0 Å². The van der Waals surface area contributed by atoms with Crippen LogP contribution in [-0.4, -0.2) is 60.9 Å². The third kappa shape index (κ3) is 5.41. The Morgan fingerprint density at radius 1 is 0.949 bits per heavy atom. The summed E-state index contributed by atoms with van der Waals surface area (Å²) in [5.41, 5.74) is 0.160. The largest absolute Gasteiger partial charge is 0.476 e. The number of ether oxygens (including phenoxy) is 1. The van der Waals surface area contributed by atoms with Gasteiger partial charge in [-0.3, -0.25) is 19.3 Å². The topological polar surface area (TPSA) is 82.2 Å². The Hall–Kier alpha value is -4.47. The second kappa shape index (κ2) is 10.4. The summed E-state index contributed by atoms with van der Waals surface area (Å²) in [5, 5.41) is 2.53. The molecule has 2 aliphatic rings. The van der Waals surface area contributed by atoms with E-state index in [-0.39, 0.29) is 29.5 Å². The van der Waals surface area contributed by atoms with E-state index in [0.717, 1.165) is 5.69 Å². The van der Waals surface area contributed by atoms with Crippen molar-refractivity contribution in [3.8, 4) is 5.75 Å². The lowest BCUT2D eigenvalue weighted by molar-refractivity contribution is -0.136. The van der Waals surface area contributed by atoms with Crippen molar-refractivity contribution in [1.82, 2.24) is 4.90 Å². The van der Waals surface area contributed by atoms with E-state index in [1.165, 1.54) is 47.4 Å². The van der Waals surface area contributed by atoms with Gasteiger partial charge in [0, 0.05) is 37.4 Å². The van der Waals surface area contributed by atoms with E-state index in [0.29, 0.717) is 37.6 Å². The van der Waals surface area contributed by atoms with E-state index in [2.05, 4.69) is 10.2 Å². The highest BCUT2D eigenvalue weighted by Crippen LogP contribution is 2.38. The van der Waals surface area contributed by atoms with Gasteiger partial charge in [0.15, 0.2) is 5.60 Å². The fourth-order valence-corrected chi connectivity index (χ4v) is 4.72. The first-order chi connectivity index (χ1) is 18.6. The Morgan fingerprint density at radius 2 is 1.64 bits per heavy atom. The van der Waals surface area contributed by atoms with Gasteiger partial charge < -0.3 is 19.9 Å². The summed E-state index contributed by atoms with van der Waals surface area (Å²) < 4.78 is 33.2. The highest BCUT2D eigenvalue weighted by atomic mass is 19.1. The van der Waals surface area contributed by atoms with Crippen molar-refractivity contribution in [2.45, 2.75) is 19.4 Å². The van der Waals surface area contributed by atoms with Crippen molar-refractivity contribution >= 4 is 34.8 Å². The van der Waals surface area contributed by atoms with Crippen LogP contribution in [0.25, 0.3) is 0 Å². The van der Waals surface area contributed by atoms with E-state index in [1.54, 1.807) is 43.0 Å². The van der Waals surface area contributed by atoms with Crippen LogP contribution in [0.1, 0.15) is 24.2 Å². The van der Waals surface area contributed by atoms with Gasteiger partial charge in [-0.15, -0.1) is 0 Å². The van der Waals surface area contributed by atoms with Crippen LogP contribution >= 0.6 is 0 Å². The number of benzene rings is 3. The molecule has 8 nitrogen and oxygen atoms in total. The number of carbonyl (C=O) groups is 3. The molecular weight excluding hydrogens is 506 g/mol. The number of hydrogen-bond donors (Lipinski definition) is 1. The number of carbonyl (C=O) groups excluding carboxylic acids is 3. The number of hydrogen-bond acceptors (Lipinski definition) is 5. The van der Waals surface area contributed by atoms with Crippen molar-refractivity contribution in [3.63, 3.8) is 0 Å². The SMILES string of the molecule is CC1(C)Oc2ccc(C(=O)Nc3ccccc3F)cc2N(CC(=O)N2CCN(c3ccc(F)cc3)CC2)C1=O. The smallest absolute Gasteiger partial charge is 0.271 e. The van der Waals surface area contributed by atoms with E-state index in [1.807, 2.05) is 0 Å². The first-order valence-corrected chi connectivity index (χ1v) is 12.6. The molecule has 0 atom stereocenters. The number of halogens is 2. The van der Waals surface area contributed by atoms with E-state index < -0.39 is 23.2 Å². The van der Waals surface area contributed by atoms with Crippen LogP contribution in [0, 0.1) is 11.6 Å². The molecule has 10 heteroatoms. The number of nitrogens with one attached hydrogen (secondary N) is 1. The van der Waals surface area contributed by atoms with Gasteiger partial charge in [0.05, 0.1) is 11.4 Å². The van der Waals surface area contributed by atoms with Gasteiger partial charge in [0.1, 0.15) is 23.9 Å². The van der Waals surface area contributed by atoms with Crippen molar-refractivity contribution in [2.24, 2.45) is 0 Å². The fourth-order valence-electron chi connectivity index (χ4n) is 4.72. The number of nitrogens with zero attached hydrogens (tertiary/aromatic N) is 3. The molecule has 3 aromatic carbocycles. The molecular formula is C29H28F2N4O4. The fraction of sp³-hybridized carbons (Fsp3) is 0.276. The second-order valence-corrected chi connectivity index (χ2v) is 9.96. The molecule has 0 saturated carbocycles. The number of amides is 3. The van der Waals surface area contributed by atoms with Crippen LogP contribution in [0.5, 0.6) is 5.75 Å². The van der Waals surface area contributed by atoms with E-state index >= 15 is 0 Å². The molecule has 2 heterocycles. The normalized spacial score (nSPS) is 16.4. The van der Waals surface area contributed by atoms with E-state index in [4.69, 9.17) is 4.74 Å². The molecule has 0 bridgehead atoms. The summed E-state index contributed by atoms with van der Waals surface area (Å²) in [6, 6.07) is 16.6. The molecule has 0 aromatic heterocycles. The lowest BCUT2D eigenvalue weighted by Crippen LogP contribution is -2.57. The standard InChI is InChI=1S/C29H28F2N4O4/c1-29(2)28(38)35(18-26(36)34-15-13-33(14-16-34)21-10-8-20(30)9-11-21)24-17-19(7-12-25(24)39-29)27(37)32-23-6-4-3-5-22(23)31/h3-12,17H,13-16,18H2,1-2H3,(H,32,37). The van der Waals surface area contributed by atoms with Gasteiger partial charge in [0.25, 0.3) is 11.8 Å². The molecule has 0 radical (unpaired) electrons. The Balaban J connectivity index is 1.32. The summed E-state index contributed by atoms with van der Waals surface area (Å²) in [6.45, 7) is 5.03. The van der Waals surface area contributed by atoms with E-state index in [9.17, 15) is 23.2 Å². The molecule has 3 amide bonds. The molecule has 1 fully saturated rings. The zero-order valence-corrected chi connectivity index (χ0v) is 21.6. The Kier molecular flexibility index (Phi) is 6.94. The zero-order chi connectivity index (χ0) is 27.7. The third-order valence-corrected chi connectivity index (χ3v) is 6.88. The number of piperazine rings is 1. The van der Waals surface area contributed by atoms with Crippen LogP contribution in [0.3, 0.4) is 0 Å². The molecule has 0 spiro atoms.